The van der Waals surface area contributed by atoms with E-state index >= 15 is 0 Å². The standard InChI is InChI=1S/C16H18O6S/c1-11-8-13(21-12(2)17)10-14(9-11)22-23(18,19)16-7-5-4-6-15(16)20-3/h4-10,12,17H,1-3H3. The average Bonchev–Trinajstić information content (AvgIpc) is 2.45. The molecular weight excluding hydrogens is 320 g/mol. The zero-order chi connectivity index (χ0) is 17.0. The molecule has 0 aliphatic rings. The highest BCUT2D eigenvalue weighted by molar-refractivity contribution is 7.87. The van der Waals surface area contributed by atoms with Crippen LogP contribution < -0.4 is 13.7 Å². The van der Waals surface area contributed by atoms with Crippen molar-refractivity contribution in [2.45, 2.75) is 25.0 Å². The number of methoxy groups -OCH3 is 1. The second-order valence-corrected chi connectivity index (χ2v) is 6.40. The normalized spacial score (nSPS) is 12.5. The van der Waals surface area contributed by atoms with Gasteiger partial charge in [-0.05, 0) is 43.7 Å². The molecule has 0 saturated heterocycles. The Morgan fingerprint density at radius 3 is 2.39 bits per heavy atom. The fourth-order valence-electron chi connectivity index (χ4n) is 2.02. The monoisotopic (exact) mass is 338 g/mol. The highest BCUT2D eigenvalue weighted by Gasteiger charge is 2.22. The van der Waals surface area contributed by atoms with E-state index in [1.54, 1.807) is 31.2 Å². The van der Waals surface area contributed by atoms with Crippen molar-refractivity contribution in [1.82, 2.24) is 0 Å². The van der Waals surface area contributed by atoms with E-state index in [0.717, 1.165) is 5.56 Å². The lowest BCUT2D eigenvalue weighted by atomic mass is 10.2. The molecule has 0 aromatic heterocycles. The summed E-state index contributed by atoms with van der Waals surface area (Å²) in [4.78, 5) is -0.0676. The third kappa shape index (κ3) is 4.37. The topological polar surface area (TPSA) is 82.1 Å². The van der Waals surface area contributed by atoms with Gasteiger partial charge >= 0.3 is 10.1 Å². The summed E-state index contributed by atoms with van der Waals surface area (Å²) in [5.74, 6) is 0.595. The fraction of sp³-hybridized carbons (Fsp3) is 0.250. The SMILES string of the molecule is COc1ccccc1S(=O)(=O)Oc1cc(C)cc(OC(C)O)c1. The Balaban J connectivity index is 2.35. The molecular formula is C16H18O6S. The van der Waals surface area contributed by atoms with Gasteiger partial charge in [-0.25, -0.2) is 0 Å². The second kappa shape index (κ2) is 6.89. The Labute approximate surface area is 135 Å². The molecule has 2 rings (SSSR count). The van der Waals surface area contributed by atoms with Crippen LogP contribution in [0.25, 0.3) is 0 Å². The minimum absolute atomic E-state index is 0.0676. The van der Waals surface area contributed by atoms with Crippen molar-refractivity contribution >= 4 is 10.1 Å². The van der Waals surface area contributed by atoms with E-state index in [9.17, 15) is 13.5 Å². The van der Waals surface area contributed by atoms with Crippen LogP contribution in [-0.4, -0.2) is 26.9 Å². The van der Waals surface area contributed by atoms with E-state index in [0.29, 0.717) is 5.75 Å². The van der Waals surface area contributed by atoms with Crippen molar-refractivity contribution in [2.24, 2.45) is 0 Å². The van der Waals surface area contributed by atoms with Crippen LogP contribution in [0.5, 0.6) is 17.2 Å². The first-order valence-electron chi connectivity index (χ1n) is 6.86. The minimum Gasteiger partial charge on any atom is -0.495 e. The Bertz CT molecular complexity index is 783. The van der Waals surface area contributed by atoms with Crippen molar-refractivity contribution in [3.05, 3.63) is 48.0 Å². The predicted octanol–water partition coefficient (Wildman–Crippen LogP) is 2.49. The van der Waals surface area contributed by atoms with Gasteiger partial charge in [0.2, 0.25) is 0 Å². The maximum Gasteiger partial charge on any atom is 0.342 e. The Kier molecular flexibility index (Phi) is 5.12. The largest absolute Gasteiger partial charge is 0.495 e. The summed E-state index contributed by atoms with van der Waals surface area (Å²) in [5, 5.41) is 9.27. The molecule has 1 atom stereocenters. The van der Waals surface area contributed by atoms with E-state index in [1.165, 1.54) is 32.2 Å². The first kappa shape index (κ1) is 17.1. The van der Waals surface area contributed by atoms with Gasteiger partial charge in [-0.1, -0.05) is 12.1 Å². The molecule has 0 spiro atoms. The lowest BCUT2D eigenvalue weighted by molar-refractivity contribution is -0.000379. The molecule has 7 heteroatoms. The molecule has 2 aromatic rings. The highest BCUT2D eigenvalue weighted by atomic mass is 32.2. The van der Waals surface area contributed by atoms with Gasteiger partial charge in [0.15, 0.2) is 6.29 Å². The first-order chi connectivity index (χ1) is 10.8. The number of aryl methyl sites for hydroxylation is 1. The molecule has 0 fully saturated rings. The minimum atomic E-state index is -4.06. The van der Waals surface area contributed by atoms with Crippen molar-refractivity contribution in [3.8, 4) is 17.2 Å². The highest BCUT2D eigenvalue weighted by Crippen LogP contribution is 2.29. The van der Waals surface area contributed by atoms with Crippen molar-refractivity contribution in [3.63, 3.8) is 0 Å². The van der Waals surface area contributed by atoms with Crippen LogP contribution in [-0.2, 0) is 10.1 Å². The molecule has 0 aliphatic heterocycles. The van der Waals surface area contributed by atoms with Crippen LogP contribution in [0.15, 0.2) is 47.4 Å². The Morgan fingerprint density at radius 2 is 1.74 bits per heavy atom. The van der Waals surface area contributed by atoms with Crippen molar-refractivity contribution < 1.29 is 27.2 Å². The number of ether oxygens (including phenoxy) is 2. The number of aliphatic hydroxyl groups excluding tert-OH is 1. The van der Waals surface area contributed by atoms with E-state index in [2.05, 4.69) is 0 Å². The van der Waals surface area contributed by atoms with E-state index in [1.807, 2.05) is 0 Å². The molecule has 2 aromatic carbocycles. The van der Waals surface area contributed by atoms with E-state index in [4.69, 9.17) is 13.7 Å². The maximum absolute atomic E-state index is 12.4. The van der Waals surface area contributed by atoms with E-state index in [-0.39, 0.29) is 16.4 Å². The first-order valence-corrected chi connectivity index (χ1v) is 8.26. The van der Waals surface area contributed by atoms with Crippen LogP contribution in [0.1, 0.15) is 12.5 Å². The molecule has 0 radical (unpaired) electrons. The van der Waals surface area contributed by atoms with Gasteiger partial charge in [0.25, 0.3) is 0 Å². The maximum atomic E-state index is 12.4. The fourth-order valence-corrected chi connectivity index (χ4v) is 3.11. The molecule has 0 bridgehead atoms. The second-order valence-electron chi connectivity index (χ2n) is 4.89. The number of aliphatic hydroxyl groups is 1. The van der Waals surface area contributed by atoms with Gasteiger partial charge in [-0.3, -0.25) is 0 Å². The zero-order valence-electron chi connectivity index (χ0n) is 13.0. The molecule has 0 heterocycles. The number of benzene rings is 2. The van der Waals surface area contributed by atoms with Crippen LogP contribution in [0.4, 0.5) is 0 Å². The molecule has 1 N–H and O–H groups in total. The van der Waals surface area contributed by atoms with Crippen LogP contribution in [0.3, 0.4) is 0 Å². The summed E-state index contributed by atoms with van der Waals surface area (Å²) < 4.78 is 40.2. The molecule has 0 saturated carbocycles. The number of hydrogen-bond donors (Lipinski definition) is 1. The van der Waals surface area contributed by atoms with Crippen LogP contribution in [0, 0.1) is 6.92 Å². The van der Waals surface area contributed by atoms with Gasteiger partial charge in [0, 0.05) is 6.07 Å². The smallest absolute Gasteiger partial charge is 0.342 e. The summed E-state index contributed by atoms with van der Waals surface area (Å²) in [5.41, 5.74) is 0.730. The Hall–Kier alpha value is -2.25. The quantitative estimate of drug-likeness (QED) is 0.644. The molecule has 1 unspecified atom stereocenters. The lowest BCUT2D eigenvalue weighted by Crippen LogP contribution is -2.12. The third-order valence-corrected chi connectivity index (χ3v) is 4.16. The average molecular weight is 338 g/mol. The molecule has 124 valence electrons. The summed E-state index contributed by atoms with van der Waals surface area (Å²) in [6.07, 6.45) is -1.02. The summed E-state index contributed by atoms with van der Waals surface area (Å²) in [7, 11) is -2.68. The van der Waals surface area contributed by atoms with Gasteiger partial charge in [-0.15, -0.1) is 0 Å². The zero-order valence-corrected chi connectivity index (χ0v) is 13.8. The molecule has 23 heavy (non-hydrogen) atoms. The lowest BCUT2D eigenvalue weighted by Gasteiger charge is -2.13. The van der Waals surface area contributed by atoms with Gasteiger partial charge in [0.05, 0.1) is 7.11 Å². The summed E-state index contributed by atoms with van der Waals surface area (Å²) in [6.45, 7) is 3.21. The van der Waals surface area contributed by atoms with Crippen LogP contribution >= 0.6 is 0 Å². The predicted molar refractivity (Wildman–Crippen MR) is 84.3 cm³/mol. The third-order valence-electron chi connectivity index (χ3n) is 2.88. The Morgan fingerprint density at radius 1 is 1.09 bits per heavy atom. The van der Waals surface area contributed by atoms with E-state index < -0.39 is 16.4 Å². The number of rotatable bonds is 6. The number of para-hydroxylation sites is 1. The van der Waals surface area contributed by atoms with Gasteiger partial charge < -0.3 is 18.8 Å². The van der Waals surface area contributed by atoms with Crippen molar-refractivity contribution in [1.29, 1.82) is 0 Å². The van der Waals surface area contributed by atoms with Crippen LogP contribution in [0.2, 0.25) is 0 Å². The summed E-state index contributed by atoms with van der Waals surface area (Å²) in [6, 6.07) is 10.8. The molecule has 6 nitrogen and oxygen atoms in total. The van der Waals surface area contributed by atoms with Crippen molar-refractivity contribution in [2.75, 3.05) is 7.11 Å². The summed E-state index contributed by atoms with van der Waals surface area (Å²) >= 11 is 0. The molecule has 0 amide bonds. The van der Waals surface area contributed by atoms with Gasteiger partial charge in [-0.2, -0.15) is 8.42 Å². The number of hydrogen-bond acceptors (Lipinski definition) is 6. The molecule has 0 aliphatic carbocycles. The van der Waals surface area contributed by atoms with Gasteiger partial charge in [0.1, 0.15) is 22.1 Å².